The summed E-state index contributed by atoms with van der Waals surface area (Å²) in [5.41, 5.74) is 3.46. The highest BCUT2D eigenvalue weighted by molar-refractivity contribution is 5.39. The summed E-state index contributed by atoms with van der Waals surface area (Å²) in [6, 6.07) is 9.04. The highest BCUT2D eigenvalue weighted by Crippen LogP contribution is 2.49. The maximum Gasteiger partial charge on any atom is 0.0559 e. The van der Waals surface area contributed by atoms with Crippen molar-refractivity contribution >= 4 is 0 Å². The van der Waals surface area contributed by atoms with Gasteiger partial charge >= 0.3 is 0 Å². The number of piperidine rings is 1. The Hall–Kier alpha value is -0.860. The van der Waals surface area contributed by atoms with Gasteiger partial charge < -0.3 is 10.1 Å². The summed E-state index contributed by atoms with van der Waals surface area (Å²) < 4.78 is 5.46. The molecule has 2 heteroatoms. The molecule has 0 radical (unpaired) electrons. The van der Waals surface area contributed by atoms with Crippen LogP contribution in [0.15, 0.2) is 24.3 Å². The maximum atomic E-state index is 5.46. The third kappa shape index (κ3) is 2.85. The smallest absolute Gasteiger partial charge is 0.0559 e. The summed E-state index contributed by atoms with van der Waals surface area (Å²) in [5.74, 6) is 0.813. The summed E-state index contributed by atoms with van der Waals surface area (Å²) >= 11 is 0. The van der Waals surface area contributed by atoms with E-state index in [1.165, 1.54) is 45.2 Å². The zero-order valence-corrected chi connectivity index (χ0v) is 12.0. The average molecular weight is 259 g/mol. The van der Waals surface area contributed by atoms with Crippen LogP contribution in [-0.4, -0.2) is 26.8 Å². The van der Waals surface area contributed by atoms with Crippen LogP contribution in [0.4, 0.5) is 0 Å². The highest BCUT2D eigenvalue weighted by Gasteiger charge is 2.45. The number of nitrogens with one attached hydrogen (secondary N) is 1. The van der Waals surface area contributed by atoms with E-state index in [2.05, 4.69) is 29.6 Å². The largest absolute Gasteiger partial charge is 0.384 e. The summed E-state index contributed by atoms with van der Waals surface area (Å²) in [5, 5.41) is 3.53. The lowest BCUT2D eigenvalue weighted by Gasteiger charge is -2.25. The lowest BCUT2D eigenvalue weighted by atomic mass is 9.85. The van der Waals surface area contributed by atoms with Gasteiger partial charge in [-0.3, -0.25) is 0 Å². The van der Waals surface area contributed by atoms with Gasteiger partial charge in [0.05, 0.1) is 6.61 Å². The van der Waals surface area contributed by atoms with E-state index in [4.69, 9.17) is 4.74 Å². The van der Waals surface area contributed by atoms with Crippen molar-refractivity contribution < 1.29 is 4.74 Å². The molecule has 2 aliphatic rings. The van der Waals surface area contributed by atoms with Crippen molar-refractivity contribution in [3.05, 3.63) is 35.4 Å². The molecule has 0 amide bonds. The van der Waals surface area contributed by atoms with E-state index in [9.17, 15) is 0 Å². The summed E-state index contributed by atoms with van der Waals surface area (Å²) in [4.78, 5) is 0. The second-order valence-electron chi connectivity index (χ2n) is 6.29. The van der Waals surface area contributed by atoms with Crippen molar-refractivity contribution in [2.75, 3.05) is 26.8 Å². The molecular weight excluding hydrogens is 234 g/mol. The summed E-state index contributed by atoms with van der Waals surface area (Å²) in [6.07, 6.45) is 6.52. The SMILES string of the molecule is COCC1(c2ccccc2CC2CCCNC2)CC1. The number of rotatable bonds is 5. The highest BCUT2D eigenvalue weighted by atomic mass is 16.5. The first-order valence-corrected chi connectivity index (χ1v) is 7.62. The second-order valence-corrected chi connectivity index (χ2v) is 6.29. The van der Waals surface area contributed by atoms with Crippen molar-refractivity contribution in [1.29, 1.82) is 0 Å². The Kier molecular flexibility index (Phi) is 3.90. The predicted molar refractivity (Wildman–Crippen MR) is 78.5 cm³/mol. The number of methoxy groups -OCH3 is 1. The second kappa shape index (κ2) is 5.64. The Morgan fingerprint density at radius 1 is 1.32 bits per heavy atom. The van der Waals surface area contributed by atoms with E-state index in [1.807, 2.05) is 7.11 Å². The molecule has 1 unspecified atom stereocenters. The lowest BCUT2D eigenvalue weighted by Crippen LogP contribution is -2.31. The normalized spacial score (nSPS) is 25.2. The molecule has 1 heterocycles. The van der Waals surface area contributed by atoms with Gasteiger partial charge in [-0.2, -0.15) is 0 Å². The number of benzene rings is 1. The Balaban J connectivity index is 1.77. The minimum Gasteiger partial charge on any atom is -0.384 e. The molecule has 2 nitrogen and oxygen atoms in total. The van der Waals surface area contributed by atoms with E-state index in [1.54, 1.807) is 11.1 Å². The third-order valence-electron chi connectivity index (χ3n) is 4.77. The van der Waals surface area contributed by atoms with Gasteiger partial charge in [0.25, 0.3) is 0 Å². The van der Waals surface area contributed by atoms with Crippen molar-refractivity contribution in [3.8, 4) is 0 Å². The van der Waals surface area contributed by atoms with Crippen LogP contribution in [0, 0.1) is 5.92 Å². The Morgan fingerprint density at radius 2 is 2.16 bits per heavy atom. The van der Waals surface area contributed by atoms with Gasteiger partial charge in [0, 0.05) is 12.5 Å². The van der Waals surface area contributed by atoms with Crippen LogP contribution in [0.25, 0.3) is 0 Å². The van der Waals surface area contributed by atoms with E-state index >= 15 is 0 Å². The molecule has 104 valence electrons. The monoisotopic (exact) mass is 259 g/mol. The molecule has 1 saturated carbocycles. The first-order chi connectivity index (χ1) is 9.34. The van der Waals surface area contributed by atoms with Crippen LogP contribution in [-0.2, 0) is 16.6 Å². The topological polar surface area (TPSA) is 21.3 Å². The van der Waals surface area contributed by atoms with Crippen molar-refractivity contribution in [2.45, 2.75) is 37.5 Å². The fourth-order valence-corrected chi connectivity index (χ4v) is 3.54. The van der Waals surface area contributed by atoms with E-state index in [0.717, 1.165) is 12.5 Å². The van der Waals surface area contributed by atoms with Crippen LogP contribution in [0.3, 0.4) is 0 Å². The van der Waals surface area contributed by atoms with Gasteiger partial charge in [0.1, 0.15) is 0 Å². The molecule has 19 heavy (non-hydrogen) atoms. The number of hydrogen-bond acceptors (Lipinski definition) is 2. The molecule has 1 aromatic carbocycles. The molecule has 0 aromatic heterocycles. The lowest BCUT2D eigenvalue weighted by molar-refractivity contribution is 0.171. The van der Waals surface area contributed by atoms with Crippen LogP contribution in [0.1, 0.15) is 36.8 Å². The molecule has 1 aromatic rings. The minimum absolute atomic E-state index is 0.341. The minimum atomic E-state index is 0.341. The molecule has 1 atom stereocenters. The van der Waals surface area contributed by atoms with Crippen molar-refractivity contribution in [3.63, 3.8) is 0 Å². The maximum absolute atomic E-state index is 5.46. The zero-order chi connectivity index (χ0) is 13.1. The van der Waals surface area contributed by atoms with Crippen molar-refractivity contribution in [1.82, 2.24) is 5.32 Å². The van der Waals surface area contributed by atoms with E-state index < -0.39 is 0 Å². The van der Waals surface area contributed by atoms with E-state index in [-0.39, 0.29) is 0 Å². The molecule has 1 aliphatic heterocycles. The summed E-state index contributed by atoms with van der Waals surface area (Å²) in [7, 11) is 1.83. The van der Waals surface area contributed by atoms with Crippen LogP contribution < -0.4 is 5.32 Å². The van der Waals surface area contributed by atoms with Crippen LogP contribution in [0.5, 0.6) is 0 Å². The van der Waals surface area contributed by atoms with Gasteiger partial charge in [-0.1, -0.05) is 24.3 Å². The van der Waals surface area contributed by atoms with Gasteiger partial charge in [0.2, 0.25) is 0 Å². The van der Waals surface area contributed by atoms with Gasteiger partial charge in [-0.15, -0.1) is 0 Å². The molecule has 0 spiro atoms. The first kappa shape index (κ1) is 13.1. The third-order valence-corrected chi connectivity index (χ3v) is 4.77. The molecule has 1 aliphatic carbocycles. The van der Waals surface area contributed by atoms with Gasteiger partial charge in [-0.25, -0.2) is 0 Å². The molecule has 0 bridgehead atoms. The standard InChI is InChI=1S/C17H25NO/c1-19-13-17(8-9-17)16-7-3-2-6-15(16)11-14-5-4-10-18-12-14/h2-3,6-7,14,18H,4-5,8-13H2,1H3. The predicted octanol–water partition coefficient (Wildman–Crippen LogP) is 2.91. The fraction of sp³-hybridized carbons (Fsp3) is 0.647. The molecular formula is C17H25NO. The molecule has 2 fully saturated rings. The van der Waals surface area contributed by atoms with Gasteiger partial charge in [0.15, 0.2) is 0 Å². The molecule has 3 rings (SSSR count). The van der Waals surface area contributed by atoms with Crippen molar-refractivity contribution in [2.24, 2.45) is 5.92 Å². The number of hydrogen-bond donors (Lipinski definition) is 1. The van der Waals surface area contributed by atoms with E-state index in [0.29, 0.717) is 5.41 Å². The Labute approximate surface area is 116 Å². The molecule has 1 saturated heterocycles. The first-order valence-electron chi connectivity index (χ1n) is 7.62. The Bertz CT molecular complexity index is 419. The number of ether oxygens (including phenoxy) is 1. The fourth-order valence-electron chi connectivity index (χ4n) is 3.54. The molecule has 1 N–H and O–H groups in total. The van der Waals surface area contributed by atoms with Crippen LogP contribution in [0.2, 0.25) is 0 Å². The average Bonchev–Trinajstić information content (AvgIpc) is 3.22. The van der Waals surface area contributed by atoms with Crippen LogP contribution >= 0.6 is 0 Å². The Morgan fingerprint density at radius 3 is 2.84 bits per heavy atom. The summed E-state index contributed by atoms with van der Waals surface area (Å²) in [6.45, 7) is 3.27. The van der Waals surface area contributed by atoms with Gasteiger partial charge in [-0.05, 0) is 62.2 Å². The quantitative estimate of drug-likeness (QED) is 0.878. The zero-order valence-electron chi connectivity index (χ0n) is 12.0.